The van der Waals surface area contributed by atoms with Crippen LogP contribution in [0.4, 0.5) is 0 Å². The lowest BCUT2D eigenvalue weighted by atomic mass is 10.1. The maximum absolute atomic E-state index is 6.31. The van der Waals surface area contributed by atoms with Crippen LogP contribution < -0.4 is 9.47 Å². The number of hydrogen-bond acceptors (Lipinski definition) is 5. The second-order valence-electron chi connectivity index (χ2n) is 6.62. The third-order valence-corrected chi connectivity index (χ3v) is 5.32. The molecule has 4 rings (SSSR count). The number of rotatable bonds is 6. The van der Waals surface area contributed by atoms with E-state index in [1.807, 2.05) is 12.1 Å². The van der Waals surface area contributed by atoms with Gasteiger partial charge in [0.1, 0.15) is 5.15 Å². The van der Waals surface area contributed by atoms with Gasteiger partial charge in [-0.25, -0.2) is 4.98 Å². The Hall–Kier alpha value is -1.56. The van der Waals surface area contributed by atoms with E-state index in [-0.39, 0.29) is 0 Å². The van der Waals surface area contributed by atoms with Gasteiger partial charge in [-0.3, -0.25) is 0 Å². The highest BCUT2D eigenvalue weighted by Crippen LogP contribution is 2.38. The molecule has 2 aliphatic rings. The first-order chi connectivity index (χ1) is 12.3. The first kappa shape index (κ1) is 16.9. The third kappa shape index (κ3) is 3.41. The van der Waals surface area contributed by atoms with Crippen LogP contribution in [0.3, 0.4) is 0 Å². The molecule has 1 aromatic heterocycles. The van der Waals surface area contributed by atoms with Crippen LogP contribution in [-0.2, 0) is 18.0 Å². The van der Waals surface area contributed by atoms with Crippen molar-refractivity contribution in [3.8, 4) is 11.5 Å². The molecule has 5 nitrogen and oxygen atoms in total. The zero-order valence-electron chi connectivity index (χ0n) is 14.5. The van der Waals surface area contributed by atoms with Crippen LogP contribution in [0, 0.1) is 0 Å². The second kappa shape index (κ2) is 7.36. The number of benzene rings is 1. The van der Waals surface area contributed by atoms with Crippen LogP contribution in [0.1, 0.15) is 30.4 Å². The molecule has 0 N–H and O–H groups in total. The summed E-state index contributed by atoms with van der Waals surface area (Å²) < 4.78 is 17.1. The number of ether oxygens (including phenoxy) is 3. The van der Waals surface area contributed by atoms with Gasteiger partial charge in [-0.1, -0.05) is 11.6 Å². The van der Waals surface area contributed by atoms with E-state index in [1.54, 1.807) is 7.11 Å². The number of hydrogen-bond donors (Lipinski definition) is 0. The maximum Gasteiger partial charge on any atom is 0.163 e. The Balaban J connectivity index is 1.53. The van der Waals surface area contributed by atoms with Gasteiger partial charge in [-0.15, -0.1) is 0 Å². The van der Waals surface area contributed by atoms with Gasteiger partial charge in [-0.05, 0) is 44.0 Å². The van der Waals surface area contributed by atoms with Crippen molar-refractivity contribution in [2.45, 2.75) is 32.5 Å². The summed E-state index contributed by atoms with van der Waals surface area (Å²) in [6, 6.07) is 3.91. The summed E-state index contributed by atoms with van der Waals surface area (Å²) in [6.45, 7) is 5.27. The highest BCUT2D eigenvalue weighted by atomic mass is 35.5. The Morgan fingerprint density at radius 2 is 1.96 bits per heavy atom. The number of fused-ring (bicyclic) bond motifs is 3. The van der Waals surface area contributed by atoms with Crippen molar-refractivity contribution < 1.29 is 14.2 Å². The van der Waals surface area contributed by atoms with E-state index in [4.69, 9.17) is 25.8 Å². The van der Waals surface area contributed by atoms with Gasteiger partial charge < -0.3 is 19.1 Å². The number of nitrogens with zero attached hydrogens (tertiary/aromatic N) is 2. The van der Waals surface area contributed by atoms with E-state index in [0.717, 1.165) is 46.5 Å². The van der Waals surface area contributed by atoms with Gasteiger partial charge >= 0.3 is 0 Å². The summed E-state index contributed by atoms with van der Waals surface area (Å²) in [5.41, 5.74) is 2.91. The molecule has 2 aliphatic heterocycles. The predicted molar refractivity (Wildman–Crippen MR) is 97.6 cm³/mol. The Morgan fingerprint density at radius 3 is 2.76 bits per heavy atom. The van der Waals surface area contributed by atoms with Crippen LogP contribution in [0.15, 0.2) is 12.1 Å². The molecular weight excluding hydrogens is 340 g/mol. The molecule has 134 valence electrons. The summed E-state index contributed by atoms with van der Waals surface area (Å²) in [5, 5.41) is 1.54. The predicted octanol–water partition coefficient (Wildman–Crippen LogP) is 3.79. The van der Waals surface area contributed by atoms with Gasteiger partial charge in [0.05, 0.1) is 32.4 Å². The van der Waals surface area contributed by atoms with Crippen molar-refractivity contribution in [1.29, 1.82) is 0 Å². The summed E-state index contributed by atoms with van der Waals surface area (Å²) in [6.07, 6.45) is 3.65. The van der Waals surface area contributed by atoms with Crippen molar-refractivity contribution in [2.75, 3.05) is 33.4 Å². The molecule has 0 spiro atoms. The Labute approximate surface area is 152 Å². The van der Waals surface area contributed by atoms with Crippen molar-refractivity contribution in [3.63, 3.8) is 0 Å². The minimum absolute atomic E-state index is 0.519. The first-order valence-electron chi connectivity index (χ1n) is 8.88. The minimum Gasteiger partial charge on any atom is -0.493 e. The number of likely N-dealkylation sites (tertiary alicyclic amines) is 1. The molecule has 0 amide bonds. The zero-order chi connectivity index (χ0) is 17.2. The molecule has 1 aromatic carbocycles. The molecule has 0 aliphatic carbocycles. The minimum atomic E-state index is 0.519. The van der Waals surface area contributed by atoms with Crippen LogP contribution in [0.2, 0.25) is 5.15 Å². The molecule has 0 saturated carbocycles. The quantitative estimate of drug-likeness (QED) is 0.577. The van der Waals surface area contributed by atoms with Crippen molar-refractivity contribution in [1.82, 2.24) is 9.88 Å². The monoisotopic (exact) mass is 362 g/mol. The van der Waals surface area contributed by atoms with E-state index < -0.39 is 0 Å². The van der Waals surface area contributed by atoms with Crippen LogP contribution in [-0.4, -0.2) is 43.2 Å². The summed E-state index contributed by atoms with van der Waals surface area (Å²) in [7, 11) is 1.67. The highest BCUT2D eigenvalue weighted by Gasteiger charge is 2.21. The molecule has 1 fully saturated rings. The first-order valence-corrected chi connectivity index (χ1v) is 9.26. The lowest BCUT2D eigenvalue weighted by Gasteiger charge is -2.16. The lowest BCUT2D eigenvalue weighted by Crippen LogP contribution is -2.21. The van der Waals surface area contributed by atoms with E-state index >= 15 is 0 Å². The van der Waals surface area contributed by atoms with Gasteiger partial charge in [0.2, 0.25) is 0 Å². The van der Waals surface area contributed by atoms with Gasteiger partial charge in [0, 0.05) is 23.6 Å². The normalized spacial score (nSPS) is 17.2. The summed E-state index contributed by atoms with van der Waals surface area (Å²) in [4.78, 5) is 7.01. The summed E-state index contributed by atoms with van der Waals surface area (Å²) in [5.74, 6) is 1.45. The van der Waals surface area contributed by atoms with Crippen LogP contribution >= 0.6 is 11.6 Å². The van der Waals surface area contributed by atoms with Crippen molar-refractivity contribution in [3.05, 3.63) is 28.4 Å². The topological polar surface area (TPSA) is 43.8 Å². The Morgan fingerprint density at radius 1 is 1.16 bits per heavy atom. The molecule has 2 aromatic rings. The van der Waals surface area contributed by atoms with Crippen molar-refractivity contribution >= 4 is 22.5 Å². The van der Waals surface area contributed by atoms with E-state index in [9.17, 15) is 0 Å². The number of methoxy groups -OCH3 is 1. The van der Waals surface area contributed by atoms with Crippen LogP contribution in [0.25, 0.3) is 10.9 Å². The largest absolute Gasteiger partial charge is 0.493 e. The molecule has 25 heavy (non-hydrogen) atoms. The molecule has 0 radical (unpaired) electrons. The fourth-order valence-corrected chi connectivity index (χ4v) is 3.92. The van der Waals surface area contributed by atoms with Crippen molar-refractivity contribution in [2.24, 2.45) is 0 Å². The zero-order valence-corrected chi connectivity index (χ0v) is 15.3. The van der Waals surface area contributed by atoms with E-state index in [1.165, 1.54) is 25.9 Å². The maximum atomic E-state index is 6.31. The van der Waals surface area contributed by atoms with Gasteiger partial charge in [0.25, 0.3) is 0 Å². The smallest absolute Gasteiger partial charge is 0.163 e. The molecule has 0 atom stereocenters. The summed E-state index contributed by atoms with van der Waals surface area (Å²) >= 11 is 6.31. The second-order valence-corrected chi connectivity index (χ2v) is 6.98. The number of pyridine rings is 1. The molecular formula is C19H23ClN2O3. The third-order valence-electron chi connectivity index (χ3n) is 5.01. The van der Waals surface area contributed by atoms with E-state index in [0.29, 0.717) is 25.0 Å². The fourth-order valence-electron chi connectivity index (χ4n) is 3.66. The lowest BCUT2D eigenvalue weighted by molar-refractivity contribution is 0.135. The SMILES string of the molecule is COc1cc2c3c(c(Cl)nc2cc1OCCCN1CCCC1)COC3. The number of aromatic nitrogens is 1. The molecule has 0 bridgehead atoms. The average Bonchev–Trinajstić information content (AvgIpc) is 3.30. The van der Waals surface area contributed by atoms with Crippen LogP contribution in [0.5, 0.6) is 11.5 Å². The van der Waals surface area contributed by atoms with E-state index in [2.05, 4.69) is 9.88 Å². The molecule has 3 heterocycles. The Kier molecular flexibility index (Phi) is 4.97. The fraction of sp³-hybridized carbons (Fsp3) is 0.526. The standard InChI is InChI=1S/C19H23ClN2O3/c1-23-17-9-13-14-11-24-12-15(14)19(20)21-16(13)10-18(17)25-8-4-7-22-5-2-3-6-22/h9-10H,2-8,11-12H2,1H3. The van der Waals surface area contributed by atoms with Gasteiger partial charge in [0.15, 0.2) is 11.5 Å². The Bertz CT molecular complexity index is 775. The molecule has 0 unspecified atom stereocenters. The highest BCUT2D eigenvalue weighted by molar-refractivity contribution is 6.30. The average molecular weight is 363 g/mol. The number of halogens is 1. The molecule has 1 saturated heterocycles. The van der Waals surface area contributed by atoms with Gasteiger partial charge in [-0.2, -0.15) is 0 Å². The molecule has 6 heteroatoms.